The molecule has 0 aromatic heterocycles. The molecule has 250 valence electrons. The van der Waals surface area contributed by atoms with Gasteiger partial charge in [-0.15, -0.1) is 0 Å². The number of aryl methyl sites for hydroxylation is 2. The fraction of sp³-hybridized carbons (Fsp3) is 0.143. The minimum Gasteiger partial charge on any atom is -0.311 e. The Balaban J connectivity index is 1.37. The average Bonchev–Trinajstić information content (AvgIpc) is 3.20. The Hall–Kier alpha value is -5.80. The molecule has 0 spiro atoms. The molecule has 2 nitrogen and oxygen atoms in total. The van der Waals surface area contributed by atoms with E-state index in [4.69, 9.17) is 0 Å². The van der Waals surface area contributed by atoms with Crippen molar-refractivity contribution in [3.05, 3.63) is 174 Å². The topological polar surface area (TPSA) is 6.48 Å². The lowest BCUT2D eigenvalue weighted by Crippen LogP contribution is -2.62. The number of hydrogen-bond acceptors (Lipinski definition) is 2. The molecule has 3 heteroatoms. The van der Waals surface area contributed by atoms with Crippen molar-refractivity contribution in [1.29, 1.82) is 0 Å². The zero-order valence-corrected chi connectivity index (χ0v) is 30.3. The largest absolute Gasteiger partial charge is 0.311 e. The van der Waals surface area contributed by atoms with Crippen molar-refractivity contribution in [1.82, 2.24) is 0 Å². The molecule has 0 radical (unpaired) electrons. The lowest BCUT2D eigenvalue weighted by Gasteiger charge is -2.51. The smallest absolute Gasteiger partial charge is 0.252 e. The summed E-state index contributed by atoms with van der Waals surface area (Å²) in [6, 6.07) is 56.9. The zero-order chi connectivity index (χ0) is 35.1. The lowest BCUT2D eigenvalue weighted by molar-refractivity contribution is 0.631. The molecule has 3 heterocycles. The van der Waals surface area contributed by atoms with Crippen molar-refractivity contribution in [2.75, 3.05) is 9.80 Å². The van der Waals surface area contributed by atoms with E-state index in [2.05, 4.69) is 189 Å². The maximum atomic E-state index is 2.63. The molecule has 52 heavy (non-hydrogen) atoms. The second kappa shape index (κ2) is 11.6. The average molecular weight is 669 g/mol. The van der Waals surface area contributed by atoms with Crippen LogP contribution in [0.3, 0.4) is 0 Å². The van der Waals surface area contributed by atoms with Crippen molar-refractivity contribution < 1.29 is 0 Å². The molecule has 0 atom stereocenters. The van der Waals surface area contributed by atoms with Gasteiger partial charge in [0.1, 0.15) is 0 Å². The molecule has 0 saturated heterocycles. The normalized spacial score (nSPS) is 14.3. The van der Waals surface area contributed by atoms with Gasteiger partial charge in [-0.3, -0.25) is 0 Å². The van der Waals surface area contributed by atoms with Crippen LogP contribution in [0.1, 0.15) is 49.9 Å². The predicted octanol–water partition coefficient (Wildman–Crippen LogP) is 10.9. The summed E-state index contributed by atoms with van der Waals surface area (Å²) in [6.07, 6.45) is 1.91. The quantitative estimate of drug-likeness (QED) is 0.169. The first-order valence-electron chi connectivity index (χ1n) is 18.9. The van der Waals surface area contributed by atoms with E-state index in [0.717, 1.165) is 12.8 Å². The van der Waals surface area contributed by atoms with E-state index in [-0.39, 0.29) is 12.1 Å². The van der Waals surface area contributed by atoms with Gasteiger partial charge >= 0.3 is 0 Å². The molecule has 0 bridgehead atoms. The van der Waals surface area contributed by atoms with E-state index in [1.54, 1.807) is 0 Å². The molecule has 0 N–H and O–H groups in total. The SMILES string of the molecule is CCc1ccccc1N1c2ccc(-c3ccccc3)cc2B2c3cc(-c4ccccc4)ccc3N3c4ccccc4C(C)(C)c4cc(CC)c1c2c43. The molecular formula is C49H41BN2. The Kier molecular flexibility index (Phi) is 6.92. The van der Waals surface area contributed by atoms with Gasteiger partial charge in [0, 0.05) is 33.9 Å². The first-order chi connectivity index (χ1) is 25.5. The van der Waals surface area contributed by atoms with E-state index in [9.17, 15) is 0 Å². The van der Waals surface area contributed by atoms with Crippen molar-refractivity contribution >= 4 is 57.2 Å². The monoisotopic (exact) mass is 668 g/mol. The molecule has 7 aromatic carbocycles. The van der Waals surface area contributed by atoms with Crippen LogP contribution in [0, 0.1) is 0 Å². The molecule has 0 fully saturated rings. The van der Waals surface area contributed by atoms with Crippen LogP contribution in [-0.2, 0) is 18.3 Å². The number of fused-ring (bicyclic) bond motifs is 7. The molecule has 0 unspecified atom stereocenters. The van der Waals surface area contributed by atoms with E-state index >= 15 is 0 Å². The highest BCUT2D eigenvalue weighted by molar-refractivity contribution is 7.00. The van der Waals surface area contributed by atoms with Crippen LogP contribution < -0.4 is 26.2 Å². The highest BCUT2D eigenvalue weighted by atomic mass is 15.2. The molecule has 0 amide bonds. The molecule has 0 aliphatic carbocycles. The Bertz CT molecular complexity index is 2530. The third-order valence-electron chi connectivity index (χ3n) is 12.0. The van der Waals surface area contributed by atoms with Crippen molar-refractivity contribution in [2.45, 2.75) is 46.0 Å². The van der Waals surface area contributed by atoms with Crippen LogP contribution in [0.4, 0.5) is 34.1 Å². The van der Waals surface area contributed by atoms with Crippen LogP contribution in [0.5, 0.6) is 0 Å². The van der Waals surface area contributed by atoms with Crippen LogP contribution in [0.15, 0.2) is 152 Å². The summed E-state index contributed by atoms with van der Waals surface area (Å²) in [5.41, 5.74) is 22.3. The van der Waals surface area contributed by atoms with Gasteiger partial charge < -0.3 is 9.80 Å². The Labute approximate surface area is 308 Å². The van der Waals surface area contributed by atoms with Gasteiger partial charge in [0.15, 0.2) is 0 Å². The number of benzene rings is 7. The number of rotatable bonds is 5. The molecular weight excluding hydrogens is 627 g/mol. The molecule has 0 saturated carbocycles. The van der Waals surface area contributed by atoms with E-state index in [1.165, 1.54) is 95.0 Å². The second-order valence-corrected chi connectivity index (χ2v) is 15.1. The maximum Gasteiger partial charge on any atom is 0.252 e. The van der Waals surface area contributed by atoms with Gasteiger partial charge in [0.2, 0.25) is 0 Å². The summed E-state index contributed by atoms with van der Waals surface area (Å²) >= 11 is 0. The van der Waals surface area contributed by atoms with Crippen molar-refractivity contribution in [2.24, 2.45) is 0 Å². The van der Waals surface area contributed by atoms with E-state index < -0.39 is 0 Å². The molecule has 3 aliphatic heterocycles. The number of anilines is 6. The van der Waals surface area contributed by atoms with Gasteiger partial charge in [-0.1, -0.05) is 155 Å². The number of para-hydroxylation sites is 2. The van der Waals surface area contributed by atoms with Crippen LogP contribution >= 0.6 is 0 Å². The fourth-order valence-electron chi connectivity index (χ4n) is 9.45. The summed E-state index contributed by atoms with van der Waals surface area (Å²) in [6.45, 7) is 9.53. The molecule has 7 aromatic rings. The Morgan fingerprint density at radius 2 is 0.962 bits per heavy atom. The highest BCUT2D eigenvalue weighted by Crippen LogP contribution is 2.56. The van der Waals surface area contributed by atoms with Crippen LogP contribution in [0.25, 0.3) is 22.3 Å². The lowest BCUT2D eigenvalue weighted by atomic mass is 9.32. The fourth-order valence-corrected chi connectivity index (χ4v) is 9.45. The summed E-state index contributed by atoms with van der Waals surface area (Å²) < 4.78 is 0. The van der Waals surface area contributed by atoms with Crippen molar-refractivity contribution in [3.63, 3.8) is 0 Å². The summed E-state index contributed by atoms with van der Waals surface area (Å²) in [7, 11) is 0. The Morgan fingerprint density at radius 1 is 0.442 bits per heavy atom. The predicted molar refractivity (Wildman–Crippen MR) is 222 cm³/mol. The zero-order valence-electron chi connectivity index (χ0n) is 30.3. The Morgan fingerprint density at radius 3 is 1.56 bits per heavy atom. The minimum absolute atomic E-state index is 0.0509. The van der Waals surface area contributed by atoms with Gasteiger partial charge in [0.05, 0.1) is 5.69 Å². The highest BCUT2D eigenvalue weighted by Gasteiger charge is 2.49. The van der Waals surface area contributed by atoms with Crippen LogP contribution in [-0.4, -0.2) is 6.71 Å². The van der Waals surface area contributed by atoms with E-state index in [0.29, 0.717) is 0 Å². The van der Waals surface area contributed by atoms with Crippen LogP contribution in [0.2, 0.25) is 0 Å². The van der Waals surface area contributed by atoms with Gasteiger partial charge in [-0.25, -0.2) is 0 Å². The second-order valence-electron chi connectivity index (χ2n) is 15.1. The van der Waals surface area contributed by atoms with Gasteiger partial charge in [-0.2, -0.15) is 0 Å². The van der Waals surface area contributed by atoms with Gasteiger partial charge in [-0.05, 0) is 98.0 Å². The third kappa shape index (κ3) is 4.32. The maximum absolute atomic E-state index is 2.63. The molecule has 3 aliphatic rings. The first kappa shape index (κ1) is 31.0. The minimum atomic E-state index is -0.175. The van der Waals surface area contributed by atoms with Crippen molar-refractivity contribution in [3.8, 4) is 22.3 Å². The summed E-state index contributed by atoms with van der Waals surface area (Å²) in [5, 5.41) is 0. The first-order valence-corrected chi connectivity index (χ1v) is 18.9. The summed E-state index contributed by atoms with van der Waals surface area (Å²) in [4.78, 5) is 5.25. The van der Waals surface area contributed by atoms with E-state index in [1.807, 2.05) is 0 Å². The molecule has 10 rings (SSSR count). The summed E-state index contributed by atoms with van der Waals surface area (Å²) in [5.74, 6) is 0. The standard InChI is InChI=1S/C49H41BN2/c1-5-32-17-13-15-23-42(32)51-44-27-25-36(34-18-9-7-10-19-34)30-40(44)50-41-31-37(35-20-11-8-12-21-35)26-28-45(41)52-43-24-16-14-22-38(43)49(3,4)39-29-33(6-2)47(51)46(50)48(39)52/h7-31H,5-6H2,1-4H3. The number of nitrogens with zero attached hydrogens (tertiary/aromatic N) is 2. The third-order valence-corrected chi connectivity index (χ3v) is 12.0. The number of hydrogen-bond donors (Lipinski definition) is 0. The van der Waals surface area contributed by atoms with Gasteiger partial charge in [0.25, 0.3) is 6.71 Å².